The molecule has 0 spiro atoms. The van der Waals surface area contributed by atoms with Crippen LogP contribution < -0.4 is 5.32 Å². The molecule has 0 bridgehead atoms. The van der Waals surface area contributed by atoms with Crippen molar-refractivity contribution >= 4 is 34.0 Å². The summed E-state index contributed by atoms with van der Waals surface area (Å²) < 4.78 is 0. The lowest BCUT2D eigenvalue weighted by molar-refractivity contribution is 0.102. The summed E-state index contributed by atoms with van der Waals surface area (Å²) in [4.78, 5) is 20.5. The SMILES string of the molecule is CCc1ccc(-c2csc(NC(=O)c3cccnc3Cl)n2)cc1. The molecule has 116 valence electrons. The van der Waals surface area contributed by atoms with Crippen molar-refractivity contribution in [2.24, 2.45) is 0 Å². The lowest BCUT2D eigenvalue weighted by Crippen LogP contribution is -2.12. The van der Waals surface area contributed by atoms with Gasteiger partial charge in [0, 0.05) is 17.1 Å². The van der Waals surface area contributed by atoms with Crippen molar-refractivity contribution in [1.82, 2.24) is 9.97 Å². The predicted octanol–water partition coefficient (Wildman–Crippen LogP) is 4.67. The molecule has 4 nitrogen and oxygen atoms in total. The lowest BCUT2D eigenvalue weighted by atomic mass is 10.1. The molecule has 1 amide bonds. The first kappa shape index (κ1) is 15.6. The van der Waals surface area contributed by atoms with E-state index in [1.807, 2.05) is 17.5 Å². The first-order chi connectivity index (χ1) is 11.2. The second-order valence-corrected chi connectivity index (χ2v) is 6.10. The van der Waals surface area contributed by atoms with E-state index in [-0.39, 0.29) is 11.1 Å². The highest BCUT2D eigenvalue weighted by Crippen LogP contribution is 2.26. The maximum absolute atomic E-state index is 12.2. The van der Waals surface area contributed by atoms with Gasteiger partial charge in [0.05, 0.1) is 11.3 Å². The molecule has 2 aromatic heterocycles. The molecular weight excluding hydrogens is 330 g/mol. The molecule has 2 heterocycles. The summed E-state index contributed by atoms with van der Waals surface area (Å²) >= 11 is 7.30. The van der Waals surface area contributed by atoms with Crippen LogP contribution in [0.4, 0.5) is 5.13 Å². The number of pyridine rings is 1. The number of hydrogen-bond acceptors (Lipinski definition) is 4. The molecular formula is C17H14ClN3OS. The second kappa shape index (κ2) is 6.89. The zero-order valence-corrected chi connectivity index (χ0v) is 14.0. The number of amides is 1. The van der Waals surface area contributed by atoms with Gasteiger partial charge < -0.3 is 0 Å². The van der Waals surface area contributed by atoms with E-state index >= 15 is 0 Å². The first-order valence-electron chi connectivity index (χ1n) is 7.14. The molecule has 0 aliphatic rings. The minimum absolute atomic E-state index is 0.178. The van der Waals surface area contributed by atoms with Gasteiger partial charge in [-0.25, -0.2) is 9.97 Å². The van der Waals surface area contributed by atoms with Crippen molar-refractivity contribution in [1.29, 1.82) is 0 Å². The molecule has 0 aliphatic carbocycles. The van der Waals surface area contributed by atoms with Gasteiger partial charge >= 0.3 is 0 Å². The summed E-state index contributed by atoms with van der Waals surface area (Å²) in [6, 6.07) is 11.5. The van der Waals surface area contributed by atoms with Crippen LogP contribution in [-0.4, -0.2) is 15.9 Å². The number of anilines is 1. The minimum Gasteiger partial charge on any atom is -0.298 e. The molecule has 0 saturated carbocycles. The van der Waals surface area contributed by atoms with E-state index in [0.29, 0.717) is 10.7 Å². The Balaban J connectivity index is 1.76. The van der Waals surface area contributed by atoms with Gasteiger partial charge in [-0.05, 0) is 24.1 Å². The van der Waals surface area contributed by atoms with Crippen molar-refractivity contribution in [3.8, 4) is 11.3 Å². The largest absolute Gasteiger partial charge is 0.298 e. The van der Waals surface area contributed by atoms with Crippen LogP contribution >= 0.6 is 22.9 Å². The Kier molecular flexibility index (Phi) is 4.69. The normalized spacial score (nSPS) is 10.5. The number of hydrogen-bond donors (Lipinski definition) is 1. The first-order valence-corrected chi connectivity index (χ1v) is 8.40. The summed E-state index contributed by atoms with van der Waals surface area (Å²) in [5, 5.41) is 5.38. The highest BCUT2D eigenvalue weighted by Gasteiger charge is 2.13. The molecule has 0 aliphatic heterocycles. The molecule has 0 atom stereocenters. The van der Waals surface area contributed by atoms with Crippen LogP contribution in [0.5, 0.6) is 0 Å². The van der Waals surface area contributed by atoms with Crippen LogP contribution in [0.3, 0.4) is 0 Å². The zero-order chi connectivity index (χ0) is 16.2. The minimum atomic E-state index is -0.315. The van der Waals surface area contributed by atoms with Crippen molar-refractivity contribution in [3.05, 3.63) is 64.3 Å². The van der Waals surface area contributed by atoms with Crippen LogP contribution in [-0.2, 0) is 6.42 Å². The number of nitrogens with zero attached hydrogens (tertiary/aromatic N) is 2. The zero-order valence-electron chi connectivity index (χ0n) is 12.4. The summed E-state index contributed by atoms with van der Waals surface area (Å²) in [6.45, 7) is 2.12. The Labute approximate surface area is 143 Å². The van der Waals surface area contributed by atoms with Gasteiger partial charge in [-0.2, -0.15) is 0 Å². The maximum Gasteiger partial charge on any atom is 0.260 e. The van der Waals surface area contributed by atoms with Gasteiger partial charge in [0.15, 0.2) is 5.13 Å². The number of halogens is 1. The van der Waals surface area contributed by atoms with Gasteiger partial charge in [0.25, 0.3) is 5.91 Å². The van der Waals surface area contributed by atoms with Crippen LogP contribution in [0.15, 0.2) is 48.0 Å². The quantitative estimate of drug-likeness (QED) is 0.700. The van der Waals surface area contributed by atoms with E-state index in [2.05, 4.69) is 34.3 Å². The number of nitrogens with one attached hydrogen (secondary N) is 1. The third kappa shape index (κ3) is 3.57. The molecule has 1 aromatic carbocycles. The molecule has 3 aromatic rings. The van der Waals surface area contributed by atoms with Crippen LogP contribution in [0, 0.1) is 0 Å². The molecule has 1 N–H and O–H groups in total. The summed E-state index contributed by atoms with van der Waals surface area (Å²) in [5.41, 5.74) is 3.48. The van der Waals surface area contributed by atoms with E-state index in [1.165, 1.54) is 16.9 Å². The Morgan fingerprint density at radius 3 is 2.74 bits per heavy atom. The maximum atomic E-state index is 12.2. The number of aryl methyl sites for hydroxylation is 1. The summed E-state index contributed by atoms with van der Waals surface area (Å²) in [5.74, 6) is -0.315. The molecule has 0 saturated heterocycles. The predicted molar refractivity (Wildman–Crippen MR) is 94.1 cm³/mol. The van der Waals surface area contributed by atoms with Crippen molar-refractivity contribution in [2.75, 3.05) is 5.32 Å². The monoisotopic (exact) mass is 343 g/mol. The van der Waals surface area contributed by atoms with Gasteiger partial charge in [0.1, 0.15) is 5.15 Å². The van der Waals surface area contributed by atoms with E-state index in [1.54, 1.807) is 18.3 Å². The van der Waals surface area contributed by atoms with Gasteiger partial charge in [-0.3, -0.25) is 10.1 Å². The molecule has 0 fully saturated rings. The highest BCUT2D eigenvalue weighted by atomic mass is 35.5. The number of aromatic nitrogens is 2. The van der Waals surface area contributed by atoms with E-state index in [4.69, 9.17) is 11.6 Å². The fourth-order valence-corrected chi connectivity index (χ4v) is 3.01. The van der Waals surface area contributed by atoms with Gasteiger partial charge in [0.2, 0.25) is 0 Å². The lowest BCUT2D eigenvalue weighted by Gasteiger charge is -2.03. The van der Waals surface area contributed by atoms with Gasteiger partial charge in [-0.1, -0.05) is 42.8 Å². The third-order valence-corrected chi connectivity index (χ3v) is 4.45. The van der Waals surface area contributed by atoms with Crippen molar-refractivity contribution < 1.29 is 4.79 Å². The Hall–Kier alpha value is -2.24. The highest BCUT2D eigenvalue weighted by molar-refractivity contribution is 7.14. The topological polar surface area (TPSA) is 54.9 Å². The molecule has 6 heteroatoms. The molecule has 23 heavy (non-hydrogen) atoms. The Morgan fingerprint density at radius 2 is 2.04 bits per heavy atom. The number of carbonyl (C=O) groups excluding carboxylic acids is 1. The average molecular weight is 344 g/mol. The number of thiazole rings is 1. The fourth-order valence-electron chi connectivity index (χ4n) is 2.09. The number of benzene rings is 1. The third-order valence-electron chi connectivity index (χ3n) is 3.39. The standard InChI is InChI=1S/C17H14ClN3OS/c1-2-11-5-7-12(8-6-11)14-10-23-17(20-14)21-16(22)13-4-3-9-19-15(13)18/h3-10H,2H2,1H3,(H,20,21,22). The Bertz CT molecular complexity index is 830. The van der Waals surface area contributed by atoms with E-state index in [9.17, 15) is 4.79 Å². The molecule has 0 radical (unpaired) electrons. The number of rotatable bonds is 4. The van der Waals surface area contributed by atoms with Crippen LogP contribution in [0.2, 0.25) is 5.15 Å². The van der Waals surface area contributed by atoms with E-state index in [0.717, 1.165) is 17.7 Å². The summed E-state index contributed by atoms with van der Waals surface area (Å²) in [6.07, 6.45) is 2.55. The smallest absolute Gasteiger partial charge is 0.260 e. The fraction of sp³-hybridized carbons (Fsp3) is 0.118. The Morgan fingerprint density at radius 1 is 1.26 bits per heavy atom. The second-order valence-electron chi connectivity index (χ2n) is 4.88. The van der Waals surface area contributed by atoms with Crippen LogP contribution in [0.1, 0.15) is 22.8 Å². The molecule has 3 rings (SSSR count). The summed E-state index contributed by atoms with van der Waals surface area (Å²) in [7, 11) is 0. The van der Waals surface area contributed by atoms with Gasteiger partial charge in [-0.15, -0.1) is 11.3 Å². The van der Waals surface area contributed by atoms with Crippen molar-refractivity contribution in [3.63, 3.8) is 0 Å². The average Bonchev–Trinajstić information content (AvgIpc) is 3.03. The van der Waals surface area contributed by atoms with Crippen molar-refractivity contribution in [2.45, 2.75) is 13.3 Å². The molecule has 0 unspecified atom stereocenters. The number of carbonyl (C=O) groups is 1. The van der Waals surface area contributed by atoms with Crippen LogP contribution in [0.25, 0.3) is 11.3 Å². The van der Waals surface area contributed by atoms with E-state index < -0.39 is 0 Å².